The van der Waals surface area contributed by atoms with Crippen LogP contribution in [-0.2, 0) is 0 Å². The second-order valence-electron chi connectivity index (χ2n) is 4.67. The molecule has 1 unspecified atom stereocenters. The maximum Gasteiger partial charge on any atom is 0.170 e. The van der Waals surface area contributed by atoms with Crippen molar-refractivity contribution in [2.45, 2.75) is 25.4 Å². The largest absolute Gasteiger partial charge is 0.494 e. The molecule has 0 aromatic heterocycles. The van der Waals surface area contributed by atoms with Gasteiger partial charge in [-0.15, -0.1) is 0 Å². The summed E-state index contributed by atoms with van der Waals surface area (Å²) in [5.41, 5.74) is 0.354. The van der Waals surface area contributed by atoms with Gasteiger partial charge in [-0.25, -0.2) is 4.39 Å². The van der Waals surface area contributed by atoms with Crippen LogP contribution < -0.4 is 4.74 Å². The Labute approximate surface area is 112 Å². The first-order valence-corrected chi connectivity index (χ1v) is 7.46. The van der Waals surface area contributed by atoms with Crippen LogP contribution in [0.1, 0.15) is 30.9 Å². The van der Waals surface area contributed by atoms with Crippen LogP contribution in [-0.4, -0.2) is 23.7 Å². The van der Waals surface area contributed by atoms with E-state index in [-0.39, 0.29) is 5.75 Å². The van der Waals surface area contributed by atoms with Crippen LogP contribution in [0.2, 0.25) is 0 Å². The summed E-state index contributed by atoms with van der Waals surface area (Å²) >= 11 is 1.96. The molecule has 1 aliphatic rings. The zero-order chi connectivity index (χ0) is 13.0. The SMILES string of the molecule is COc1cccc(C(O)CC2CCSCC2)c1F. The fourth-order valence-electron chi connectivity index (χ4n) is 2.37. The van der Waals surface area contributed by atoms with E-state index in [2.05, 4.69) is 0 Å². The summed E-state index contributed by atoms with van der Waals surface area (Å²) in [6.07, 6.45) is 2.15. The predicted octanol–water partition coefficient (Wildman–Crippen LogP) is 3.40. The molecular formula is C14H19FO2S. The topological polar surface area (TPSA) is 29.5 Å². The Kier molecular flexibility index (Phi) is 4.89. The molecule has 0 amide bonds. The summed E-state index contributed by atoms with van der Waals surface area (Å²) in [6.45, 7) is 0. The lowest BCUT2D eigenvalue weighted by molar-refractivity contribution is 0.136. The van der Waals surface area contributed by atoms with Crippen molar-refractivity contribution in [3.63, 3.8) is 0 Å². The monoisotopic (exact) mass is 270 g/mol. The molecule has 1 heterocycles. The molecule has 100 valence electrons. The molecule has 1 aromatic carbocycles. The van der Waals surface area contributed by atoms with E-state index in [1.807, 2.05) is 11.8 Å². The molecule has 0 aliphatic carbocycles. The zero-order valence-corrected chi connectivity index (χ0v) is 11.4. The van der Waals surface area contributed by atoms with Crippen LogP contribution >= 0.6 is 11.8 Å². The Morgan fingerprint density at radius 2 is 2.17 bits per heavy atom. The van der Waals surface area contributed by atoms with Crippen LogP contribution in [0.25, 0.3) is 0 Å². The van der Waals surface area contributed by atoms with Gasteiger partial charge in [0, 0.05) is 5.56 Å². The normalized spacial score (nSPS) is 18.6. The van der Waals surface area contributed by atoms with Crippen molar-refractivity contribution in [2.75, 3.05) is 18.6 Å². The Morgan fingerprint density at radius 1 is 1.44 bits per heavy atom. The Hall–Kier alpha value is -0.740. The molecule has 1 N–H and O–H groups in total. The van der Waals surface area contributed by atoms with Crippen LogP contribution in [0.15, 0.2) is 18.2 Å². The van der Waals surface area contributed by atoms with E-state index in [4.69, 9.17) is 4.74 Å². The smallest absolute Gasteiger partial charge is 0.170 e. The third kappa shape index (κ3) is 3.18. The lowest BCUT2D eigenvalue weighted by Gasteiger charge is -2.24. The molecule has 2 nitrogen and oxygen atoms in total. The molecular weight excluding hydrogens is 251 g/mol. The van der Waals surface area contributed by atoms with Gasteiger partial charge in [-0.3, -0.25) is 0 Å². The summed E-state index contributed by atoms with van der Waals surface area (Å²) in [5, 5.41) is 10.2. The van der Waals surface area contributed by atoms with Gasteiger partial charge < -0.3 is 9.84 Å². The van der Waals surface area contributed by atoms with E-state index >= 15 is 0 Å². The summed E-state index contributed by atoms with van der Waals surface area (Å²) in [6, 6.07) is 4.93. The number of rotatable bonds is 4. The molecule has 1 aliphatic heterocycles. The van der Waals surface area contributed by atoms with Crippen molar-refractivity contribution in [3.05, 3.63) is 29.6 Å². The third-order valence-electron chi connectivity index (χ3n) is 3.47. The second-order valence-corrected chi connectivity index (χ2v) is 5.90. The van der Waals surface area contributed by atoms with Crippen molar-refractivity contribution in [1.29, 1.82) is 0 Å². The van der Waals surface area contributed by atoms with Gasteiger partial charge in [0.15, 0.2) is 11.6 Å². The number of hydrogen-bond donors (Lipinski definition) is 1. The fourth-order valence-corrected chi connectivity index (χ4v) is 3.57. The minimum absolute atomic E-state index is 0.200. The maximum absolute atomic E-state index is 14.0. The first-order chi connectivity index (χ1) is 8.72. The average Bonchev–Trinajstić information content (AvgIpc) is 2.40. The van der Waals surface area contributed by atoms with Gasteiger partial charge in [0.2, 0.25) is 0 Å². The van der Waals surface area contributed by atoms with E-state index in [1.165, 1.54) is 7.11 Å². The van der Waals surface area contributed by atoms with Crippen molar-refractivity contribution in [1.82, 2.24) is 0 Å². The lowest BCUT2D eigenvalue weighted by atomic mass is 9.92. The molecule has 0 saturated carbocycles. The van der Waals surface area contributed by atoms with Crippen LogP contribution in [0.5, 0.6) is 5.75 Å². The minimum atomic E-state index is -0.729. The van der Waals surface area contributed by atoms with Crippen molar-refractivity contribution in [3.8, 4) is 5.75 Å². The van der Waals surface area contributed by atoms with E-state index in [9.17, 15) is 9.50 Å². The van der Waals surface area contributed by atoms with E-state index in [1.54, 1.807) is 18.2 Å². The molecule has 1 atom stereocenters. The van der Waals surface area contributed by atoms with Gasteiger partial charge >= 0.3 is 0 Å². The van der Waals surface area contributed by atoms with Crippen molar-refractivity contribution in [2.24, 2.45) is 5.92 Å². The van der Waals surface area contributed by atoms with Crippen LogP contribution in [0.3, 0.4) is 0 Å². The number of benzene rings is 1. The summed E-state index contributed by atoms with van der Waals surface area (Å²) in [4.78, 5) is 0. The standard InChI is InChI=1S/C14H19FO2S/c1-17-13-4-2-3-11(14(13)15)12(16)9-10-5-7-18-8-6-10/h2-4,10,12,16H,5-9H2,1H3. The summed E-state index contributed by atoms with van der Waals surface area (Å²) < 4.78 is 18.9. The molecule has 0 radical (unpaired) electrons. The van der Waals surface area contributed by atoms with Gasteiger partial charge in [0.05, 0.1) is 13.2 Å². The maximum atomic E-state index is 14.0. The summed E-state index contributed by atoms with van der Waals surface area (Å²) in [7, 11) is 1.44. The Bertz CT molecular complexity index is 391. The number of aliphatic hydroxyl groups excluding tert-OH is 1. The minimum Gasteiger partial charge on any atom is -0.494 e. The van der Waals surface area contributed by atoms with E-state index < -0.39 is 11.9 Å². The molecule has 1 saturated heterocycles. The highest BCUT2D eigenvalue weighted by molar-refractivity contribution is 7.99. The van der Waals surface area contributed by atoms with Crippen molar-refractivity contribution < 1.29 is 14.2 Å². The quantitative estimate of drug-likeness (QED) is 0.909. The second kappa shape index (κ2) is 6.43. The lowest BCUT2D eigenvalue weighted by Crippen LogP contribution is -2.14. The van der Waals surface area contributed by atoms with E-state index in [0.717, 1.165) is 24.3 Å². The molecule has 0 spiro atoms. The number of ether oxygens (including phenoxy) is 1. The van der Waals surface area contributed by atoms with Gasteiger partial charge in [0.25, 0.3) is 0 Å². The van der Waals surface area contributed by atoms with Crippen LogP contribution in [0, 0.1) is 11.7 Å². The zero-order valence-electron chi connectivity index (χ0n) is 10.6. The highest BCUT2D eigenvalue weighted by Gasteiger charge is 2.22. The number of methoxy groups -OCH3 is 1. The van der Waals surface area contributed by atoms with E-state index in [0.29, 0.717) is 17.9 Å². The first kappa shape index (κ1) is 13.7. The number of thioether (sulfide) groups is 1. The number of hydrogen-bond acceptors (Lipinski definition) is 3. The molecule has 0 bridgehead atoms. The molecule has 1 fully saturated rings. The van der Waals surface area contributed by atoms with Gasteiger partial charge in [-0.1, -0.05) is 12.1 Å². The average molecular weight is 270 g/mol. The molecule has 1 aromatic rings. The van der Waals surface area contributed by atoms with Crippen molar-refractivity contribution >= 4 is 11.8 Å². The highest BCUT2D eigenvalue weighted by Crippen LogP contribution is 2.33. The van der Waals surface area contributed by atoms with Gasteiger partial charge in [-0.05, 0) is 42.8 Å². The fraction of sp³-hybridized carbons (Fsp3) is 0.571. The molecule has 2 rings (SSSR count). The predicted molar refractivity (Wildman–Crippen MR) is 72.6 cm³/mol. The first-order valence-electron chi connectivity index (χ1n) is 6.30. The highest BCUT2D eigenvalue weighted by atomic mass is 32.2. The molecule has 4 heteroatoms. The third-order valence-corrected chi connectivity index (χ3v) is 4.52. The Morgan fingerprint density at radius 3 is 2.83 bits per heavy atom. The van der Waals surface area contributed by atoms with Gasteiger partial charge in [0.1, 0.15) is 0 Å². The Balaban J connectivity index is 2.05. The summed E-state index contributed by atoms with van der Waals surface area (Å²) in [5.74, 6) is 2.57. The van der Waals surface area contributed by atoms with Crippen LogP contribution in [0.4, 0.5) is 4.39 Å². The number of aliphatic hydroxyl groups is 1. The molecule has 18 heavy (non-hydrogen) atoms. The number of halogens is 1. The van der Waals surface area contributed by atoms with Gasteiger partial charge in [-0.2, -0.15) is 11.8 Å².